The standard InChI is InChI=1S/C21H21N5O2S/c1-3-26-20(15-8-10-22-11-9-15)24-25-21(26)29-13-19(27)23-14(2)18-12-16-6-4-5-7-17(16)28-18/h4-12,14H,3,13H2,1-2H3,(H,23,27)/t14-/m1/s1. The second-order valence-electron chi connectivity index (χ2n) is 6.55. The van der Waals surface area contributed by atoms with Crippen molar-refractivity contribution in [1.29, 1.82) is 0 Å². The number of carbonyl (C=O) groups excluding carboxylic acids is 1. The molecule has 3 heterocycles. The fourth-order valence-electron chi connectivity index (χ4n) is 3.10. The number of furan rings is 1. The summed E-state index contributed by atoms with van der Waals surface area (Å²) in [4.78, 5) is 16.5. The molecule has 0 saturated heterocycles. The molecule has 29 heavy (non-hydrogen) atoms. The summed E-state index contributed by atoms with van der Waals surface area (Å²) in [5, 5.41) is 13.3. The fourth-order valence-corrected chi connectivity index (χ4v) is 3.91. The molecule has 0 spiro atoms. The van der Waals surface area contributed by atoms with E-state index in [1.165, 1.54) is 11.8 Å². The Morgan fingerprint density at radius 3 is 2.76 bits per heavy atom. The smallest absolute Gasteiger partial charge is 0.231 e. The molecular formula is C21H21N5O2S. The molecule has 0 bridgehead atoms. The summed E-state index contributed by atoms with van der Waals surface area (Å²) in [6.07, 6.45) is 3.45. The second kappa shape index (κ2) is 8.48. The number of rotatable bonds is 7. The van der Waals surface area contributed by atoms with Crippen molar-refractivity contribution >= 4 is 28.6 Å². The lowest BCUT2D eigenvalue weighted by molar-refractivity contribution is -0.119. The molecule has 0 radical (unpaired) electrons. The van der Waals surface area contributed by atoms with Gasteiger partial charge in [0, 0.05) is 29.9 Å². The van der Waals surface area contributed by atoms with Gasteiger partial charge in [0.25, 0.3) is 0 Å². The highest BCUT2D eigenvalue weighted by Gasteiger charge is 2.17. The molecule has 7 nitrogen and oxygen atoms in total. The van der Waals surface area contributed by atoms with Gasteiger partial charge in [-0.3, -0.25) is 9.78 Å². The molecule has 0 aliphatic carbocycles. The van der Waals surface area contributed by atoms with Crippen LogP contribution in [0.15, 0.2) is 64.4 Å². The predicted molar refractivity (Wildman–Crippen MR) is 112 cm³/mol. The molecule has 0 unspecified atom stereocenters. The molecular weight excluding hydrogens is 386 g/mol. The minimum atomic E-state index is -0.216. The molecule has 0 aliphatic rings. The zero-order chi connectivity index (χ0) is 20.2. The first kappa shape index (κ1) is 19.2. The van der Waals surface area contributed by atoms with Crippen LogP contribution in [0.25, 0.3) is 22.4 Å². The lowest BCUT2D eigenvalue weighted by atomic mass is 10.2. The largest absolute Gasteiger partial charge is 0.459 e. The number of nitrogens with zero attached hydrogens (tertiary/aromatic N) is 4. The Morgan fingerprint density at radius 1 is 1.21 bits per heavy atom. The van der Waals surface area contributed by atoms with Crippen molar-refractivity contribution in [2.45, 2.75) is 31.6 Å². The lowest BCUT2D eigenvalue weighted by Crippen LogP contribution is -2.28. The zero-order valence-electron chi connectivity index (χ0n) is 16.2. The Bertz CT molecular complexity index is 1090. The van der Waals surface area contributed by atoms with Crippen LogP contribution in [0.3, 0.4) is 0 Å². The number of hydrogen-bond acceptors (Lipinski definition) is 6. The van der Waals surface area contributed by atoms with Crippen LogP contribution in [0.4, 0.5) is 0 Å². The van der Waals surface area contributed by atoms with E-state index in [1.807, 2.05) is 60.9 Å². The lowest BCUT2D eigenvalue weighted by Gasteiger charge is -2.11. The van der Waals surface area contributed by atoms with E-state index in [9.17, 15) is 4.79 Å². The highest BCUT2D eigenvalue weighted by Crippen LogP contribution is 2.25. The second-order valence-corrected chi connectivity index (χ2v) is 7.49. The quantitative estimate of drug-likeness (QED) is 0.465. The summed E-state index contributed by atoms with van der Waals surface area (Å²) in [5.41, 5.74) is 1.77. The van der Waals surface area contributed by atoms with Gasteiger partial charge in [-0.25, -0.2) is 0 Å². The Labute approximate surface area is 172 Å². The molecule has 0 fully saturated rings. The third kappa shape index (κ3) is 4.17. The van der Waals surface area contributed by atoms with Crippen LogP contribution in [0, 0.1) is 0 Å². The highest BCUT2D eigenvalue weighted by molar-refractivity contribution is 7.99. The maximum atomic E-state index is 12.5. The van der Waals surface area contributed by atoms with Gasteiger partial charge in [0.2, 0.25) is 5.91 Å². The topological polar surface area (TPSA) is 85.8 Å². The molecule has 1 N–H and O–H groups in total. The number of para-hydroxylation sites is 1. The summed E-state index contributed by atoms with van der Waals surface area (Å²) >= 11 is 1.37. The average Bonchev–Trinajstić information content (AvgIpc) is 3.36. The first-order valence-corrected chi connectivity index (χ1v) is 10.4. The van der Waals surface area contributed by atoms with E-state index in [-0.39, 0.29) is 17.7 Å². The average molecular weight is 407 g/mol. The van der Waals surface area contributed by atoms with Crippen molar-refractivity contribution in [3.63, 3.8) is 0 Å². The number of carbonyl (C=O) groups is 1. The van der Waals surface area contributed by atoms with Crippen molar-refractivity contribution in [3.8, 4) is 11.4 Å². The Kier molecular flexibility index (Phi) is 5.62. The first-order valence-electron chi connectivity index (χ1n) is 9.40. The summed E-state index contributed by atoms with van der Waals surface area (Å²) in [6, 6.07) is 13.3. The van der Waals surface area contributed by atoms with Gasteiger partial charge in [-0.05, 0) is 38.1 Å². The maximum Gasteiger partial charge on any atom is 0.231 e. The van der Waals surface area contributed by atoms with Crippen LogP contribution >= 0.6 is 11.8 Å². The van der Waals surface area contributed by atoms with E-state index in [0.717, 1.165) is 28.1 Å². The minimum Gasteiger partial charge on any atom is -0.459 e. The number of benzene rings is 1. The summed E-state index contributed by atoms with van der Waals surface area (Å²) in [7, 11) is 0. The van der Waals surface area contributed by atoms with Gasteiger partial charge in [0.15, 0.2) is 11.0 Å². The number of fused-ring (bicyclic) bond motifs is 1. The maximum absolute atomic E-state index is 12.5. The first-order chi connectivity index (χ1) is 14.2. The molecule has 4 aromatic rings. The van der Waals surface area contributed by atoms with Crippen LogP contribution in [0.1, 0.15) is 25.6 Å². The Morgan fingerprint density at radius 2 is 2.00 bits per heavy atom. The highest BCUT2D eigenvalue weighted by atomic mass is 32.2. The van der Waals surface area contributed by atoms with E-state index in [0.29, 0.717) is 11.7 Å². The van der Waals surface area contributed by atoms with Crippen LogP contribution in [-0.2, 0) is 11.3 Å². The van der Waals surface area contributed by atoms with Gasteiger partial charge in [0.1, 0.15) is 11.3 Å². The van der Waals surface area contributed by atoms with E-state index in [4.69, 9.17) is 4.42 Å². The summed E-state index contributed by atoms with van der Waals surface area (Å²) in [6.45, 7) is 4.65. The molecule has 1 aromatic carbocycles. The van der Waals surface area contributed by atoms with Crippen LogP contribution in [-0.4, -0.2) is 31.4 Å². The number of thioether (sulfide) groups is 1. The van der Waals surface area contributed by atoms with Gasteiger partial charge in [-0.15, -0.1) is 10.2 Å². The molecule has 4 rings (SSSR count). The third-order valence-electron chi connectivity index (χ3n) is 4.55. The molecule has 0 aliphatic heterocycles. The molecule has 1 amide bonds. The van der Waals surface area contributed by atoms with Crippen molar-refractivity contribution < 1.29 is 9.21 Å². The Balaban J connectivity index is 1.40. The Hall–Kier alpha value is -3.13. The number of pyridine rings is 1. The third-order valence-corrected chi connectivity index (χ3v) is 5.52. The van der Waals surface area contributed by atoms with E-state index in [1.54, 1.807) is 12.4 Å². The van der Waals surface area contributed by atoms with Crippen molar-refractivity contribution in [1.82, 2.24) is 25.1 Å². The molecule has 148 valence electrons. The summed E-state index contributed by atoms with van der Waals surface area (Å²) < 4.78 is 7.83. The molecule has 8 heteroatoms. The predicted octanol–water partition coefficient (Wildman–Crippen LogP) is 4.08. The van der Waals surface area contributed by atoms with E-state index < -0.39 is 0 Å². The number of nitrogens with one attached hydrogen (secondary N) is 1. The van der Waals surface area contributed by atoms with Gasteiger partial charge in [-0.1, -0.05) is 30.0 Å². The minimum absolute atomic E-state index is 0.0842. The van der Waals surface area contributed by atoms with Crippen LogP contribution in [0.2, 0.25) is 0 Å². The molecule has 0 saturated carbocycles. The molecule has 1 atom stereocenters. The fraction of sp³-hybridized carbons (Fsp3) is 0.238. The van der Waals surface area contributed by atoms with E-state index >= 15 is 0 Å². The van der Waals surface area contributed by atoms with Gasteiger partial charge < -0.3 is 14.3 Å². The van der Waals surface area contributed by atoms with Crippen molar-refractivity contribution in [2.24, 2.45) is 0 Å². The van der Waals surface area contributed by atoms with Crippen LogP contribution in [0.5, 0.6) is 0 Å². The van der Waals surface area contributed by atoms with Crippen molar-refractivity contribution in [2.75, 3.05) is 5.75 Å². The normalized spacial score (nSPS) is 12.2. The number of amides is 1. The summed E-state index contributed by atoms with van der Waals surface area (Å²) in [5.74, 6) is 1.67. The van der Waals surface area contributed by atoms with Gasteiger partial charge in [0.05, 0.1) is 11.8 Å². The van der Waals surface area contributed by atoms with Crippen LogP contribution < -0.4 is 5.32 Å². The van der Waals surface area contributed by atoms with E-state index in [2.05, 4.69) is 20.5 Å². The number of aromatic nitrogens is 4. The monoisotopic (exact) mass is 407 g/mol. The van der Waals surface area contributed by atoms with Crippen molar-refractivity contribution in [3.05, 3.63) is 60.6 Å². The molecule has 3 aromatic heterocycles. The SMILES string of the molecule is CCn1c(SCC(=O)N[C@H](C)c2cc3ccccc3o2)nnc1-c1ccncc1. The van der Waals surface area contributed by atoms with Gasteiger partial charge >= 0.3 is 0 Å². The number of hydrogen-bond donors (Lipinski definition) is 1. The zero-order valence-corrected chi connectivity index (χ0v) is 17.0. The van der Waals surface area contributed by atoms with Gasteiger partial charge in [-0.2, -0.15) is 0 Å².